The van der Waals surface area contributed by atoms with Crippen LogP contribution in [0.2, 0.25) is 0 Å². The summed E-state index contributed by atoms with van der Waals surface area (Å²) in [4.78, 5) is 11.8. The number of carbonyl (C=O) groups excluding carboxylic acids is 1. The first-order valence-electron chi connectivity index (χ1n) is 5.70. The molecule has 1 aliphatic rings. The molecular formula is C14H16O2. The summed E-state index contributed by atoms with van der Waals surface area (Å²) in [5, 5.41) is 0. The standard InChI is InChI=1S/C14H16O2/c1-11-7-5-6-10-13(11)16-14(15)12-8-3-2-4-9-12/h2-4,7-9,13H,5-6,10H2,1H3. The molecule has 84 valence electrons. The van der Waals surface area contributed by atoms with Crippen LogP contribution >= 0.6 is 0 Å². The van der Waals surface area contributed by atoms with Crippen molar-refractivity contribution in [2.45, 2.75) is 32.3 Å². The molecule has 1 unspecified atom stereocenters. The predicted octanol–water partition coefficient (Wildman–Crippen LogP) is 3.34. The lowest BCUT2D eigenvalue weighted by Crippen LogP contribution is -2.21. The van der Waals surface area contributed by atoms with Crippen molar-refractivity contribution in [3.8, 4) is 0 Å². The molecule has 0 saturated heterocycles. The van der Waals surface area contributed by atoms with Crippen LogP contribution in [0, 0.1) is 0 Å². The second kappa shape index (κ2) is 4.97. The molecule has 0 bridgehead atoms. The van der Waals surface area contributed by atoms with Gasteiger partial charge >= 0.3 is 5.97 Å². The Hall–Kier alpha value is -1.57. The molecule has 0 amide bonds. The van der Waals surface area contributed by atoms with Gasteiger partial charge in [0.2, 0.25) is 0 Å². The molecule has 1 aromatic rings. The predicted molar refractivity (Wildman–Crippen MR) is 63.3 cm³/mol. The molecule has 0 spiro atoms. The van der Waals surface area contributed by atoms with Gasteiger partial charge in [0, 0.05) is 0 Å². The molecule has 2 nitrogen and oxygen atoms in total. The average molecular weight is 216 g/mol. The third-order valence-electron chi connectivity index (χ3n) is 2.90. The van der Waals surface area contributed by atoms with Crippen LogP contribution in [0.25, 0.3) is 0 Å². The van der Waals surface area contributed by atoms with Crippen molar-refractivity contribution in [3.63, 3.8) is 0 Å². The van der Waals surface area contributed by atoms with Gasteiger partial charge in [-0.1, -0.05) is 24.3 Å². The molecule has 1 aliphatic carbocycles. The van der Waals surface area contributed by atoms with Crippen molar-refractivity contribution in [2.75, 3.05) is 0 Å². The lowest BCUT2D eigenvalue weighted by Gasteiger charge is -2.22. The van der Waals surface area contributed by atoms with Gasteiger partial charge in [0.05, 0.1) is 5.56 Å². The Morgan fingerprint density at radius 3 is 2.75 bits per heavy atom. The van der Waals surface area contributed by atoms with Crippen LogP contribution < -0.4 is 0 Å². The molecule has 0 radical (unpaired) electrons. The first-order chi connectivity index (χ1) is 7.77. The van der Waals surface area contributed by atoms with E-state index in [0.717, 1.165) is 19.3 Å². The molecule has 0 fully saturated rings. The molecular weight excluding hydrogens is 200 g/mol. The Labute approximate surface area is 95.9 Å². The molecule has 2 rings (SSSR count). The van der Waals surface area contributed by atoms with Crippen molar-refractivity contribution >= 4 is 5.97 Å². The number of ether oxygens (including phenoxy) is 1. The van der Waals surface area contributed by atoms with E-state index in [1.54, 1.807) is 12.1 Å². The van der Waals surface area contributed by atoms with E-state index < -0.39 is 0 Å². The lowest BCUT2D eigenvalue weighted by molar-refractivity contribution is 0.0346. The molecule has 0 aliphatic heterocycles. The highest BCUT2D eigenvalue weighted by Gasteiger charge is 2.19. The Kier molecular flexibility index (Phi) is 3.40. The van der Waals surface area contributed by atoms with Crippen LogP contribution in [-0.4, -0.2) is 12.1 Å². The zero-order chi connectivity index (χ0) is 11.4. The topological polar surface area (TPSA) is 26.3 Å². The highest BCUT2D eigenvalue weighted by Crippen LogP contribution is 2.21. The zero-order valence-electron chi connectivity index (χ0n) is 9.48. The van der Waals surface area contributed by atoms with Crippen molar-refractivity contribution in [3.05, 3.63) is 47.5 Å². The van der Waals surface area contributed by atoms with E-state index in [9.17, 15) is 4.79 Å². The Bertz CT molecular complexity index is 392. The van der Waals surface area contributed by atoms with E-state index in [2.05, 4.69) is 6.08 Å². The van der Waals surface area contributed by atoms with Gasteiger partial charge < -0.3 is 4.74 Å². The maximum absolute atomic E-state index is 11.8. The van der Waals surface area contributed by atoms with Crippen molar-refractivity contribution in [1.82, 2.24) is 0 Å². The van der Waals surface area contributed by atoms with Crippen molar-refractivity contribution in [1.29, 1.82) is 0 Å². The molecule has 16 heavy (non-hydrogen) atoms. The first kappa shape index (κ1) is 10.9. The maximum Gasteiger partial charge on any atom is 0.338 e. The fraction of sp³-hybridized carbons (Fsp3) is 0.357. The van der Waals surface area contributed by atoms with E-state index >= 15 is 0 Å². The summed E-state index contributed by atoms with van der Waals surface area (Å²) in [5.41, 5.74) is 1.80. The molecule has 0 heterocycles. The normalized spacial score (nSPS) is 20.1. The van der Waals surface area contributed by atoms with E-state index in [4.69, 9.17) is 4.74 Å². The molecule has 0 aromatic heterocycles. The van der Waals surface area contributed by atoms with Crippen LogP contribution in [-0.2, 0) is 4.74 Å². The maximum atomic E-state index is 11.8. The number of esters is 1. The third kappa shape index (κ3) is 2.51. The highest BCUT2D eigenvalue weighted by molar-refractivity contribution is 5.89. The van der Waals surface area contributed by atoms with Gasteiger partial charge in [0.1, 0.15) is 6.10 Å². The van der Waals surface area contributed by atoms with Crippen LogP contribution in [0.5, 0.6) is 0 Å². The van der Waals surface area contributed by atoms with Crippen LogP contribution in [0.1, 0.15) is 36.5 Å². The van der Waals surface area contributed by atoms with Crippen LogP contribution in [0.15, 0.2) is 42.0 Å². The SMILES string of the molecule is CC1=CCCCC1OC(=O)c1ccccc1. The largest absolute Gasteiger partial charge is 0.454 e. The van der Waals surface area contributed by atoms with E-state index in [1.165, 1.54) is 5.57 Å². The molecule has 2 heteroatoms. The quantitative estimate of drug-likeness (QED) is 0.560. The fourth-order valence-electron chi connectivity index (χ4n) is 1.92. The van der Waals surface area contributed by atoms with Gasteiger partial charge in [-0.25, -0.2) is 4.79 Å². The Morgan fingerprint density at radius 1 is 1.31 bits per heavy atom. The first-order valence-corrected chi connectivity index (χ1v) is 5.70. The second-order valence-electron chi connectivity index (χ2n) is 4.14. The number of hydrogen-bond donors (Lipinski definition) is 0. The van der Waals surface area contributed by atoms with Crippen molar-refractivity contribution in [2.24, 2.45) is 0 Å². The summed E-state index contributed by atoms with van der Waals surface area (Å²) >= 11 is 0. The van der Waals surface area contributed by atoms with E-state index in [0.29, 0.717) is 5.56 Å². The minimum atomic E-state index is -0.222. The van der Waals surface area contributed by atoms with Gasteiger partial charge in [-0.15, -0.1) is 0 Å². The summed E-state index contributed by atoms with van der Waals surface area (Å²) < 4.78 is 5.48. The van der Waals surface area contributed by atoms with E-state index in [-0.39, 0.29) is 12.1 Å². The minimum absolute atomic E-state index is 0.0264. The number of carbonyl (C=O) groups is 1. The number of benzene rings is 1. The average Bonchev–Trinajstić information content (AvgIpc) is 2.33. The van der Waals surface area contributed by atoms with Gasteiger partial charge in [-0.3, -0.25) is 0 Å². The molecule has 0 saturated carbocycles. The third-order valence-corrected chi connectivity index (χ3v) is 2.90. The van der Waals surface area contributed by atoms with Crippen LogP contribution in [0.4, 0.5) is 0 Å². The summed E-state index contributed by atoms with van der Waals surface area (Å²) in [6, 6.07) is 9.15. The smallest absolute Gasteiger partial charge is 0.338 e. The summed E-state index contributed by atoms with van der Waals surface area (Å²) in [6.45, 7) is 2.03. The zero-order valence-corrected chi connectivity index (χ0v) is 9.48. The second-order valence-corrected chi connectivity index (χ2v) is 4.14. The molecule has 1 aromatic carbocycles. The monoisotopic (exact) mass is 216 g/mol. The Balaban J connectivity index is 2.03. The number of hydrogen-bond acceptors (Lipinski definition) is 2. The lowest BCUT2D eigenvalue weighted by atomic mass is 9.98. The number of rotatable bonds is 2. The van der Waals surface area contributed by atoms with Gasteiger partial charge in [0.25, 0.3) is 0 Å². The van der Waals surface area contributed by atoms with Gasteiger partial charge in [-0.2, -0.15) is 0 Å². The number of allylic oxidation sites excluding steroid dienone is 1. The summed E-state index contributed by atoms with van der Waals surface area (Å²) in [6.07, 6.45) is 5.28. The summed E-state index contributed by atoms with van der Waals surface area (Å²) in [7, 11) is 0. The van der Waals surface area contributed by atoms with Gasteiger partial charge in [0.15, 0.2) is 0 Å². The van der Waals surface area contributed by atoms with E-state index in [1.807, 2.05) is 25.1 Å². The fourth-order valence-corrected chi connectivity index (χ4v) is 1.92. The Morgan fingerprint density at radius 2 is 2.06 bits per heavy atom. The molecule has 1 atom stereocenters. The highest BCUT2D eigenvalue weighted by atomic mass is 16.5. The van der Waals surface area contributed by atoms with Gasteiger partial charge in [-0.05, 0) is 43.9 Å². The van der Waals surface area contributed by atoms with Crippen molar-refractivity contribution < 1.29 is 9.53 Å². The summed E-state index contributed by atoms with van der Waals surface area (Å²) in [5.74, 6) is -0.222. The molecule has 0 N–H and O–H groups in total. The van der Waals surface area contributed by atoms with Crippen LogP contribution in [0.3, 0.4) is 0 Å². The minimum Gasteiger partial charge on any atom is -0.454 e.